The van der Waals surface area contributed by atoms with Gasteiger partial charge in [0.2, 0.25) is 0 Å². The summed E-state index contributed by atoms with van der Waals surface area (Å²) < 4.78 is 5.54. The maximum absolute atomic E-state index is 5.54. The van der Waals surface area contributed by atoms with Gasteiger partial charge in [-0.2, -0.15) is 0 Å². The molecule has 0 unspecified atom stereocenters. The standard InChI is InChI=1S/C20H32N4O/c1-16-21-19(18-7-13-25-15-18)14-20(22-16)24-11-5-17(6-12-24)4-10-23-8-2-3-9-23/h14,17-18H,2-13,15H2,1H3/t18-/m0/s1. The number of anilines is 1. The van der Waals surface area contributed by atoms with Crippen LogP contribution in [0.2, 0.25) is 0 Å². The maximum atomic E-state index is 5.54. The maximum Gasteiger partial charge on any atom is 0.132 e. The minimum absolute atomic E-state index is 0.457. The average Bonchev–Trinajstić information content (AvgIpc) is 3.33. The normalized spacial score (nSPS) is 25.8. The molecule has 1 aromatic heterocycles. The fourth-order valence-electron chi connectivity index (χ4n) is 4.54. The van der Waals surface area contributed by atoms with Crippen LogP contribution in [0.1, 0.15) is 56.0 Å². The Kier molecular flexibility index (Phi) is 5.51. The topological polar surface area (TPSA) is 41.5 Å². The Morgan fingerprint density at radius 3 is 2.60 bits per heavy atom. The highest BCUT2D eigenvalue weighted by molar-refractivity contribution is 5.41. The van der Waals surface area contributed by atoms with Crippen LogP contribution < -0.4 is 4.90 Å². The first kappa shape index (κ1) is 17.2. The molecule has 1 atom stereocenters. The number of ether oxygens (including phenoxy) is 1. The molecule has 5 nitrogen and oxygen atoms in total. The van der Waals surface area contributed by atoms with Crippen molar-refractivity contribution in [2.75, 3.05) is 50.8 Å². The minimum Gasteiger partial charge on any atom is -0.381 e. The summed E-state index contributed by atoms with van der Waals surface area (Å²) in [6.07, 6.45) is 7.88. The molecule has 3 fully saturated rings. The second kappa shape index (κ2) is 8.00. The van der Waals surface area contributed by atoms with Crippen LogP contribution in [-0.2, 0) is 4.74 Å². The van der Waals surface area contributed by atoms with E-state index >= 15 is 0 Å². The predicted octanol–water partition coefficient (Wildman–Crippen LogP) is 2.99. The lowest BCUT2D eigenvalue weighted by molar-refractivity contribution is 0.193. The molecule has 0 spiro atoms. The van der Waals surface area contributed by atoms with Gasteiger partial charge in [-0.05, 0) is 71.0 Å². The molecule has 0 aromatic carbocycles. The van der Waals surface area contributed by atoms with Gasteiger partial charge < -0.3 is 14.5 Å². The van der Waals surface area contributed by atoms with E-state index in [0.717, 1.165) is 50.3 Å². The van der Waals surface area contributed by atoms with E-state index in [1.165, 1.54) is 57.4 Å². The Bertz CT molecular complexity index is 559. The zero-order chi connectivity index (χ0) is 17.1. The molecule has 4 rings (SSSR count). The molecule has 5 heteroatoms. The van der Waals surface area contributed by atoms with Crippen molar-refractivity contribution in [1.29, 1.82) is 0 Å². The predicted molar refractivity (Wildman–Crippen MR) is 100 cm³/mol. The molecule has 4 heterocycles. The monoisotopic (exact) mass is 344 g/mol. The number of rotatable bonds is 5. The third-order valence-electron chi connectivity index (χ3n) is 6.18. The first-order chi connectivity index (χ1) is 12.3. The number of aromatic nitrogens is 2. The third-order valence-corrected chi connectivity index (χ3v) is 6.18. The molecule has 3 aliphatic heterocycles. The van der Waals surface area contributed by atoms with Gasteiger partial charge in [-0.25, -0.2) is 9.97 Å². The lowest BCUT2D eigenvalue weighted by atomic mass is 9.93. The van der Waals surface area contributed by atoms with Crippen molar-refractivity contribution in [1.82, 2.24) is 14.9 Å². The van der Waals surface area contributed by atoms with Crippen LogP contribution in [0.15, 0.2) is 6.07 Å². The smallest absolute Gasteiger partial charge is 0.132 e. The van der Waals surface area contributed by atoms with Gasteiger partial charge in [-0.1, -0.05) is 0 Å². The quantitative estimate of drug-likeness (QED) is 0.821. The molecule has 0 radical (unpaired) electrons. The van der Waals surface area contributed by atoms with Crippen molar-refractivity contribution in [2.24, 2.45) is 5.92 Å². The molecule has 0 amide bonds. The number of hydrogen-bond acceptors (Lipinski definition) is 5. The molecule has 138 valence electrons. The number of aryl methyl sites for hydroxylation is 1. The van der Waals surface area contributed by atoms with E-state index in [2.05, 4.69) is 20.9 Å². The summed E-state index contributed by atoms with van der Waals surface area (Å²) in [5.74, 6) is 3.38. The summed E-state index contributed by atoms with van der Waals surface area (Å²) in [5.41, 5.74) is 1.18. The highest BCUT2D eigenvalue weighted by atomic mass is 16.5. The van der Waals surface area contributed by atoms with Crippen LogP contribution in [0, 0.1) is 12.8 Å². The fourth-order valence-corrected chi connectivity index (χ4v) is 4.54. The largest absolute Gasteiger partial charge is 0.381 e. The molecule has 0 N–H and O–H groups in total. The van der Waals surface area contributed by atoms with Crippen molar-refractivity contribution in [3.63, 3.8) is 0 Å². The van der Waals surface area contributed by atoms with Crippen molar-refractivity contribution in [2.45, 2.75) is 51.4 Å². The molecule has 1 aromatic rings. The van der Waals surface area contributed by atoms with Gasteiger partial charge in [0.05, 0.1) is 12.3 Å². The number of piperidine rings is 1. The van der Waals surface area contributed by atoms with E-state index in [9.17, 15) is 0 Å². The van der Waals surface area contributed by atoms with Crippen LogP contribution in [0.25, 0.3) is 0 Å². The Morgan fingerprint density at radius 2 is 1.88 bits per heavy atom. The average molecular weight is 345 g/mol. The van der Waals surface area contributed by atoms with Crippen molar-refractivity contribution in [3.05, 3.63) is 17.6 Å². The Labute approximate surface area is 151 Å². The number of nitrogens with zero attached hydrogens (tertiary/aromatic N) is 4. The van der Waals surface area contributed by atoms with Crippen LogP contribution in [-0.4, -0.2) is 60.8 Å². The zero-order valence-electron chi connectivity index (χ0n) is 15.6. The van der Waals surface area contributed by atoms with E-state index < -0.39 is 0 Å². The van der Waals surface area contributed by atoms with Crippen LogP contribution in [0.3, 0.4) is 0 Å². The Morgan fingerprint density at radius 1 is 1.08 bits per heavy atom. The van der Waals surface area contributed by atoms with Gasteiger partial charge in [0.1, 0.15) is 11.6 Å². The molecule has 3 aliphatic rings. The Balaban J connectivity index is 1.32. The molecule has 25 heavy (non-hydrogen) atoms. The Hall–Kier alpha value is -1.20. The van der Waals surface area contributed by atoms with Crippen molar-refractivity contribution < 1.29 is 4.74 Å². The van der Waals surface area contributed by atoms with Crippen LogP contribution in [0.4, 0.5) is 5.82 Å². The molecular weight excluding hydrogens is 312 g/mol. The van der Waals surface area contributed by atoms with E-state index in [1.807, 2.05) is 6.92 Å². The van der Waals surface area contributed by atoms with Crippen molar-refractivity contribution >= 4 is 5.82 Å². The van der Waals surface area contributed by atoms with Gasteiger partial charge in [0.25, 0.3) is 0 Å². The molecule has 3 saturated heterocycles. The lowest BCUT2D eigenvalue weighted by Gasteiger charge is -2.33. The number of likely N-dealkylation sites (tertiary alicyclic amines) is 1. The summed E-state index contributed by atoms with van der Waals surface area (Å²) in [4.78, 5) is 14.5. The van der Waals surface area contributed by atoms with Crippen LogP contribution in [0.5, 0.6) is 0 Å². The lowest BCUT2D eigenvalue weighted by Crippen LogP contribution is -2.35. The summed E-state index contributed by atoms with van der Waals surface area (Å²) in [6.45, 7) is 9.94. The van der Waals surface area contributed by atoms with E-state index in [-0.39, 0.29) is 0 Å². The number of hydrogen-bond donors (Lipinski definition) is 0. The third kappa shape index (κ3) is 4.32. The van der Waals surface area contributed by atoms with Gasteiger partial charge in [-0.15, -0.1) is 0 Å². The highest BCUT2D eigenvalue weighted by Gasteiger charge is 2.24. The first-order valence-corrected chi connectivity index (χ1v) is 10.2. The van der Waals surface area contributed by atoms with E-state index in [1.54, 1.807) is 0 Å². The van der Waals surface area contributed by atoms with E-state index in [4.69, 9.17) is 9.72 Å². The van der Waals surface area contributed by atoms with Crippen molar-refractivity contribution in [3.8, 4) is 0 Å². The first-order valence-electron chi connectivity index (χ1n) is 10.2. The zero-order valence-corrected chi connectivity index (χ0v) is 15.6. The fraction of sp³-hybridized carbons (Fsp3) is 0.800. The molecule has 0 bridgehead atoms. The molecule has 0 saturated carbocycles. The van der Waals surface area contributed by atoms with Gasteiger partial charge in [0.15, 0.2) is 0 Å². The van der Waals surface area contributed by atoms with E-state index in [0.29, 0.717) is 5.92 Å². The second-order valence-electron chi connectivity index (χ2n) is 8.03. The highest BCUT2D eigenvalue weighted by Crippen LogP contribution is 2.29. The summed E-state index contributed by atoms with van der Waals surface area (Å²) in [5, 5.41) is 0. The van der Waals surface area contributed by atoms with Gasteiger partial charge in [0, 0.05) is 31.7 Å². The van der Waals surface area contributed by atoms with Crippen LogP contribution >= 0.6 is 0 Å². The van der Waals surface area contributed by atoms with Gasteiger partial charge in [-0.3, -0.25) is 0 Å². The minimum atomic E-state index is 0.457. The SMILES string of the molecule is Cc1nc([C@H]2CCOC2)cc(N2CCC(CCN3CCCC3)CC2)n1. The second-order valence-corrected chi connectivity index (χ2v) is 8.03. The molecular formula is C20H32N4O. The summed E-state index contributed by atoms with van der Waals surface area (Å²) in [6, 6.07) is 2.22. The van der Waals surface area contributed by atoms with Gasteiger partial charge >= 0.3 is 0 Å². The summed E-state index contributed by atoms with van der Waals surface area (Å²) in [7, 11) is 0. The summed E-state index contributed by atoms with van der Waals surface area (Å²) >= 11 is 0. The molecule has 0 aliphatic carbocycles.